The lowest BCUT2D eigenvalue weighted by atomic mass is 10.1. The van der Waals surface area contributed by atoms with Gasteiger partial charge in [0.25, 0.3) is 5.91 Å². The number of methoxy groups -OCH3 is 1. The Bertz CT molecular complexity index is 1270. The minimum atomic E-state index is -0.733. The summed E-state index contributed by atoms with van der Waals surface area (Å²) in [5.74, 6) is 0.991. The van der Waals surface area contributed by atoms with Crippen LogP contribution in [0.15, 0.2) is 72.8 Å². The number of rotatable bonds is 11. The van der Waals surface area contributed by atoms with Gasteiger partial charge in [-0.05, 0) is 91.3 Å². The molecule has 0 radical (unpaired) electrons. The second kappa shape index (κ2) is 12.8. The van der Waals surface area contributed by atoms with Gasteiger partial charge in [-0.3, -0.25) is 14.5 Å². The lowest BCUT2D eigenvalue weighted by molar-refractivity contribution is -0.124. The molecule has 1 atom stereocenters. The van der Waals surface area contributed by atoms with Gasteiger partial charge in [-0.15, -0.1) is 0 Å². The lowest BCUT2D eigenvalue weighted by Crippen LogP contribution is -2.39. The van der Waals surface area contributed by atoms with E-state index in [0.29, 0.717) is 41.1 Å². The molecule has 4 rings (SSSR count). The van der Waals surface area contributed by atoms with Gasteiger partial charge in [-0.1, -0.05) is 30.7 Å². The first-order chi connectivity index (χ1) is 18.4. The van der Waals surface area contributed by atoms with E-state index in [-0.39, 0.29) is 18.2 Å². The Kier molecular flexibility index (Phi) is 9.20. The van der Waals surface area contributed by atoms with Crippen LogP contribution in [0.3, 0.4) is 0 Å². The SMILES string of the molecule is CCCOc1ccc(NC(=O)CC2C(=O)N(c3ccc(Cl)cc3)C(=S)N2CCc2ccc(OC)cc2)cc1. The molecular formula is C29H30ClN3O4S. The molecule has 198 valence electrons. The second-order valence-electron chi connectivity index (χ2n) is 8.87. The van der Waals surface area contributed by atoms with E-state index in [1.165, 1.54) is 4.90 Å². The number of anilines is 2. The van der Waals surface area contributed by atoms with Gasteiger partial charge < -0.3 is 19.7 Å². The van der Waals surface area contributed by atoms with E-state index in [1.54, 1.807) is 43.5 Å². The van der Waals surface area contributed by atoms with Crippen LogP contribution in [-0.2, 0) is 16.0 Å². The molecule has 1 unspecified atom stereocenters. The normalized spacial score (nSPS) is 15.1. The predicted molar refractivity (Wildman–Crippen MR) is 154 cm³/mol. The Hall–Kier alpha value is -3.62. The topological polar surface area (TPSA) is 71.1 Å². The van der Waals surface area contributed by atoms with Gasteiger partial charge in [-0.25, -0.2) is 0 Å². The zero-order chi connectivity index (χ0) is 27.1. The van der Waals surface area contributed by atoms with Gasteiger partial charge in [-0.2, -0.15) is 0 Å². The third kappa shape index (κ3) is 6.62. The van der Waals surface area contributed by atoms with Crippen LogP contribution in [0.4, 0.5) is 11.4 Å². The fraction of sp³-hybridized carbons (Fsp3) is 0.276. The van der Waals surface area contributed by atoms with E-state index in [2.05, 4.69) is 5.32 Å². The Morgan fingerprint density at radius 2 is 1.66 bits per heavy atom. The summed E-state index contributed by atoms with van der Waals surface area (Å²) in [5.41, 5.74) is 2.32. The van der Waals surface area contributed by atoms with Crippen LogP contribution in [0.2, 0.25) is 5.02 Å². The van der Waals surface area contributed by atoms with Crippen molar-refractivity contribution < 1.29 is 19.1 Å². The summed E-state index contributed by atoms with van der Waals surface area (Å²) < 4.78 is 10.8. The Labute approximate surface area is 233 Å². The number of nitrogens with one attached hydrogen (secondary N) is 1. The predicted octanol–water partition coefficient (Wildman–Crippen LogP) is 5.71. The quantitative estimate of drug-likeness (QED) is 0.308. The highest BCUT2D eigenvalue weighted by Crippen LogP contribution is 2.29. The average molecular weight is 552 g/mol. The summed E-state index contributed by atoms with van der Waals surface area (Å²) in [6.45, 7) is 3.15. The summed E-state index contributed by atoms with van der Waals surface area (Å²) in [6.07, 6.45) is 1.51. The number of hydrogen-bond donors (Lipinski definition) is 1. The number of carbonyl (C=O) groups excluding carboxylic acids is 2. The number of halogens is 1. The Morgan fingerprint density at radius 3 is 2.29 bits per heavy atom. The maximum atomic E-state index is 13.6. The summed E-state index contributed by atoms with van der Waals surface area (Å²) in [4.78, 5) is 29.9. The minimum Gasteiger partial charge on any atom is -0.497 e. The third-order valence-corrected chi connectivity index (χ3v) is 6.86. The molecule has 2 amide bonds. The highest BCUT2D eigenvalue weighted by atomic mass is 35.5. The largest absolute Gasteiger partial charge is 0.497 e. The molecule has 0 aromatic heterocycles. The summed E-state index contributed by atoms with van der Waals surface area (Å²) >= 11 is 11.8. The van der Waals surface area contributed by atoms with Crippen molar-refractivity contribution in [1.82, 2.24) is 4.90 Å². The molecular weight excluding hydrogens is 522 g/mol. The van der Waals surface area contributed by atoms with Gasteiger partial charge in [0, 0.05) is 17.3 Å². The molecule has 0 bridgehead atoms. The number of amides is 2. The number of hydrogen-bond acceptors (Lipinski definition) is 5. The molecule has 1 aliphatic rings. The first kappa shape index (κ1) is 27.4. The van der Waals surface area contributed by atoms with Crippen molar-refractivity contribution in [2.24, 2.45) is 0 Å². The molecule has 0 spiro atoms. The zero-order valence-corrected chi connectivity index (χ0v) is 22.9. The van der Waals surface area contributed by atoms with Crippen LogP contribution in [0.25, 0.3) is 0 Å². The number of benzene rings is 3. The summed E-state index contributed by atoms with van der Waals surface area (Å²) in [7, 11) is 1.62. The number of thiocarbonyl (C=S) groups is 1. The smallest absolute Gasteiger partial charge is 0.256 e. The van der Waals surface area contributed by atoms with E-state index in [1.807, 2.05) is 48.2 Å². The molecule has 38 heavy (non-hydrogen) atoms. The highest BCUT2D eigenvalue weighted by Gasteiger charge is 2.43. The monoisotopic (exact) mass is 551 g/mol. The van der Waals surface area contributed by atoms with Gasteiger partial charge in [0.2, 0.25) is 5.91 Å². The maximum absolute atomic E-state index is 13.6. The van der Waals surface area contributed by atoms with Gasteiger partial charge in [0.1, 0.15) is 17.5 Å². The molecule has 3 aromatic carbocycles. The van der Waals surface area contributed by atoms with Crippen molar-refractivity contribution in [3.8, 4) is 11.5 Å². The van der Waals surface area contributed by atoms with Gasteiger partial charge in [0.15, 0.2) is 5.11 Å². The molecule has 0 aliphatic carbocycles. The van der Waals surface area contributed by atoms with E-state index in [9.17, 15) is 9.59 Å². The third-order valence-electron chi connectivity index (χ3n) is 6.19. The van der Waals surface area contributed by atoms with Crippen molar-refractivity contribution in [2.45, 2.75) is 32.2 Å². The van der Waals surface area contributed by atoms with Gasteiger partial charge >= 0.3 is 0 Å². The fourth-order valence-electron chi connectivity index (χ4n) is 4.20. The van der Waals surface area contributed by atoms with E-state index < -0.39 is 6.04 Å². The fourth-order valence-corrected chi connectivity index (χ4v) is 4.74. The maximum Gasteiger partial charge on any atom is 0.256 e. The molecule has 1 saturated heterocycles. The second-order valence-corrected chi connectivity index (χ2v) is 9.67. The molecule has 1 heterocycles. The molecule has 1 aliphatic heterocycles. The van der Waals surface area contributed by atoms with Crippen LogP contribution in [0.1, 0.15) is 25.3 Å². The van der Waals surface area contributed by atoms with Crippen LogP contribution < -0.4 is 19.7 Å². The van der Waals surface area contributed by atoms with E-state index in [0.717, 1.165) is 23.5 Å². The standard InChI is InChI=1S/C29H30ClN3O4S/c1-3-18-37-25-14-8-22(9-15-25)31-27(34)19-26-28(35)33(23-10-6-21(30)7-11-23)29(38)32(26)17-16-20-4-12-24(36-2)13-5-20/h4-15,26H,3,16-19H2,1-2H3,(H,31,34). The minimum absolute atomic E-state index is 0.0419. The van der Waals surface area contributed by atoms with Gasteiger partial charge in [0.05, 0.1) is 25.8 Å². The zero-order valence-electron chi connectivity index (χ0n) is 21.4. The summed E-state index contributed by atoms with van der Waals surface area (Å²) in [6, 6.07) is 21.1. The molecule has 1 fully saturated rings. The van der Waals surface area contributed by atoms with Crippen LogP contribution in [0, 0.1) is 0 Å². The van der Waals surface area contributed by atoms with E-state index in [4.69, 9.17) is 33.3 Å². The molecule has 0 saturated carbocycles. The molecule has 7 nitrogen and oxygen atoms in total. The number of carbonyl (C=O) groups is 2. The Balaban J connectivity index is 1.49. The number of ether oxygens (including phenoxy) is 2. The lowest BCUT2D eigenvalue weighted by Gasteiger charge is -2.24. The van der Waals surface area contributed by atoms with Crippen LogP contribution >= 0.6 is 23.8 Å². The first-order valence-corrected chi connectivity index (χ1v) is 13.2. The number of nitrogens with zero attached hydrogens (tertiary/aromatic N) is 2. The Morgan fingerprint density at radius 1 is 1.00 bits per heavy atom. The average Bonchev–Trinajstić information content (AvgIpc) is 3.16. The van der Waals surface area contributed by atoms with Crippen LogP contribution in [0.5, 0.6) is 11.5 Å². The first-order valence-electron chi connectivity index (χ1n) is 12.5. The molecule has 3 aromatic rings. The molecule has 1 N–H and O–H groups in total. The summed E-state index contributed by atoms with van der Waals surface area (Å²) in [5, 5.41) is 3.81. The van der Waals surface area contributed by atoms with Crippen molar-refractivity contribution in [2.75, 3.05) is 30.5 Å². The highest BCUT2D eigenvalue weighted by molar-refractivity contribution is 7.80. The van der Waals surface area contributed by atoms with Crippen molar-refractivity contribution in [3.63, 3.8) is 0 Å². The van der Waals surface area contributed by atoms with E-state index >= 15 is 0 Å². The van der Waals surface area contributed by atoms with Crippen LogP contribution in [-0.4, -0.2) is 48.1 Å². The van der Waals surface area contributed by atoms with Crippen molar-refractivity contribution in [1.29, 1.82) is 0 Å². The van der Waals surface area contributed by atoms with Crippen molar-refractivity contribution >= 4 is 52.1 Å². The molecule has 9 heteroatoms. The van der Waals surface area contributed by atoms with Crippen molar-refractivity contribution in [3.05, 3.63) is 83.4 Å².